The third kappa shape index (κ3) is 29.5. The van der Waals surface area contributed by atoms with Gasteiger partial charge in [-0.15, -0.1) is 0 Å². The Morgan fingerprint density at radius 2 is 0.844 bits per heavy atom. The van der Waals surface area contributed by atoms with Crippen LogP contribution in [0.15, 0.2) is 0 Å². The first-order valence-corrected chi connectivity index (χ1v) is 14.9. The first-order valence-electron chi connectivity index (χ1n) is 13.6. The van der Waals surface area contributed by atoms with E-state index in [1.807, 2.05) is 0 Å². The van der Waals surface area contributed by atoms with E-state index in [1.165, 1.54) is 116 Å². The Labute approximate surface area is 244 Å². The molecule has 32 heavy (non-hydrogen) atoms. The van der Waals surface area contributed by atoms with Crippen LogP contribution in [0.4, 0.5) is 0 Å². The minimum atomic E-state index is -4.57. The van der Waals surface area contributed by atoms with Crippen molar-refractivity contribution in [1.29, 1.82) is 0 Å². The van der Waals surface area contributed by atoms with E-state index in [4.69, 9.17) is 0 Å². The fourth-order valence-electron chi connectivity index (χ4n) is 4.33. The normalized spacial score (nSPS) is 12.6. The van der Waals surface area contributed by atoms with Crippen LogP contribution in [0, 0.1) is 5.92 Å². The van der Waals surface area contributed by atoms with Crippen LogP contribution >= 0.6 is 0 Å². The van der Waals surface area contributed by atoms with Gasteiger partial charge in [0.2, 0.25) is 10.4 Å². The van der Waals surface area contributed by atoms with Gasteiger partial charge in [-0.1, -0.05) is 142 Å². The average molecular weight is 501 g/mol. The summed E-state index contributed by atoms with van der Waals surface area (Å²) in [6.07, 6.45) is 28.3. The predicted octanol–water partition coefficient (Wildman–Crippen LogP) is 5.71. The molecule has 0 amide bonds. The van der Waals surface area contributed by atoms with Crippen molar-refractivity contribution in [3.8, 4) is 0 Å². The molecule has 0 N–H and O–H groups in total. The van der Waals surface area contributed by atoms with E-state index in [1.54, 1.807) is 0 Å². The minimum absolute atomic E-state index is 0. The van der Waals surface area contributed by atoms with Gasteiger partial charge < -0.3 is 4.55 Å². The van der Waals surface area contributed by atoms with Crippen LogP contribution in [-0.2, 0) is 14.6 Å². The van der Waals surface area contributed by atoms with E-state index in [0.29, 0.717) is 0 Å². The quantitative estimate of drug-likeness (QED) is 0.0697. The number of hydrogen-bond donors (Lipinski definition) is 0. The van der Waals surface area contributed by atoms with Crippen LogP contribution in [0.1, 0.15) is 155 Å². The Hall–Kier alpha value is 1.51. The van der Waals surface area contributed by atoms with Crippen LogP contribution in [0.25, 0.3) is 0 Å². The summed E-state index contributed by atoms with van der Waals surface area (Å²) in [5.74, 6) is 0.201. The molecular formula is C26H53KO4S. The predicted molar refractivity (Wildman–Crippen MR) is 132 cm³/mol. The van der Waals surface area contributed by atoms with E-state index >= 15 is 0 Å². The second kappa shape index (κ2) is 27.1. The van der Waals surface area contributed by atoms with Crippen molar-refractivity contribution in [1.82, 2.24) is 0 Å². The smallest absolute Gasteiger partial charge is 0.726 e. The summed E-state index contributed by atoms with van der Waals surface area (Å²) in [7, 11) is -4.57. The Kier molecular flexibility index (Phi) is 30.2. The summed E-state index contributed by atoms with van der Waals surface area (Å²) in [5, 5.41) is 0. The molecule has 1 unspecified atom stereocenters. The summed E-state index contributed by atoms with van der Waals surface area (Å²) in [6, 6.07) is 0. The molecule has 6 heteroatoms. The molecule has 0 heterocycles. The molecule has 0 aliphatic rings. The Morgan fingerprint density at radius 3 is 1.16 bits per heavy atom. The van der Waals surface area contributed by atoms with Gasteiger partial charge in [-0.05, 0) is 18.8 Å². The number of rotatable bonds is 25. The van der Waals surface area contributed by atoms with Crippen molar-refractivity contribution in [3.63, 3.8) is 0 Å². The molecule has 0 aromatic rings. The van der Waals surface area contributed by atoms with Crippen molar-refractivity contribution in [2.75, 3.05) is 6.61 Å². The van der Waals surface area contributed by atoms with Crippen molar-refractivity contribution in [2.45, 2.75) is 155 Å². The maximum atomic E-state index is 10.8. The van der Waals surface area contributed by atoms with Gasteiger partial charge in [0.1, 0.15) is 0 Å². The Bertz CT molecular complexity index is 457. The summed E-state index contributed by atoms with van der Waals surface area (Å²) in [4.78, 5) is 0. The molecule has 0 aliphatic heterocycles. The summed E-state index contributed by atoms with van der Waals surface area (Å²) in [6.45, 7) is 4.52. The van der Waals surface area contributed by atoms with Gasteiger partial charge in [-0.3, -0.25) is 4.18 Å². The fraction of sp³-hybridized carbons (Fsp3) is 1.00. The molecule has 1 atom stereocenters. The molecule has 0 saturated carbocycles. The van der Waals surface area contributed by atoms with Crippen molar-refractivity contribution in [2.24, 2.45) is 5.92 Å². The maximum Gasteiger partial charge on any atom is 1.00 e. The molecule has 0 aromatic heterocycles. The molecule has 0 aliphatic carbocycles. The molecule has 0 rings (SSSR count). The molecule has 0 radical (unpaired) electrons. The van der Waals surface area contributed by atoms with Gasteiger partial charge >= 0.3 is 51.4 Å². The van der Waals surface area contributed by atoms with Gasteiger partial charge in [0.05, 0.1) is 6.61 Å². The van der Waals surface area contributed by atoms with Crippen LogP contribution in [-0.4, -0.2) is 19.6 Å². The van der Waals surface area contributed by atoms with Crippen LogP contribution < -0.4 is 51.4 Å². The van der Waals surface area contributed by atoms with E-state index in [0.717, 1.165) is 25.7 Å². The largest absolute Gasteiger partial charge is 1.00 e. The Morgan fingerprint density at radius 1 is 0.562 bits per heavy atom. The zero-order chi connectivity index (χ0) is 23.0. The van der Waals surface area contributed by atoms with E-state index < -0.39 is 10.4 Å². The van der Waals surface area contributed by atoms with Crippen molar-refractivity contribution < 1.29 is 68.5 Å². The van der Waals surface area contributed by atoms with Gasteiger partial charge in [-0.25, -0.2) is 8.42 Å². The molecule has 188 valence electrons. The van der Waals surface area contributed by atoms with E-state index in [2.05, 4.69) is 18.0 Å². The van der Waals surface area contributed by atoms with Gasteiger partial charge in [0, 0.05) is 0 Å². The molecule has 0 fully saturated rings. The molecule has 0 aromatic carbocycles. The number of unbranched alkanes of at least 4 members (excludes halogenated alkanes) is 18. The zero-order valence-electron chi connectivity index (χ0n) is 21.9. The van der Waals surface area contributed by atoms with E-state index in [-0.39, 0.29) is 63.9 Å². The summed E-state index contributed by atoms with van der Waals surface area (Å²) >= 11 is 0. The van der Waals surface area contributed by atoms with Crippen LogP contribution in [0.5, 0.6) is 0 Å². The van der Waals surface area contributed by atoms with Crippen LogP contribution in [0.3, 0.4) is 0 Å². The monoisotopic (exact) mass is 500 g/mol. The zero-order valence-corrected chi connectivity index (χ0v) is 25.8. The molecule has 0 bridgehead atoms. The Balaban J connectivity index is 0. The van der Waals surface area contributed by atoms with Gasteiger partial charge in [0.15, 0.2) is 0 Å². The standard InChI is InChI=1S/C26H54O4S.K/c1-3-5-7-9-10-11-12-13-14-15-16-17-18-19-20-22-24-26(23-21-8-6-4-2)25-30-31(27,28)29;/h26H,3-25H2,1-2H3,(H,27,28,29);/q;+1/p-1. The third-order valence-electron chi connectivity index (χ3n) is 6.38. The molecular weight excluding hydrogens is 447 g/mol. The van der Waals surface area contributed by atoms with Gasteiger partial charge in [0.25, 0.3) is 0 Å². The first-order chi connectivity index (χ1) is 15.0. The van der Waals surface area contributed by atoms with Crippen molar-refractivity contribution in [3.05, 3.63) is 0 Å². The summed E-state index contributed by atoms with van der Waals surface area (Å²) in [5.41, 5.74) is 0. The average Bonchev–Trinajstić information content (AvgIpc) is 2.73. The minimum Gasteiger partial charge on any atom is -0.726 e. The molecule has 0 spiro atoms. The maximum absolute atomic E-state index is 10.8. The summed E-state index contributed by atoms with van der Waals surface area (Å²) < 4.78 is 36.8. The second-order valence-electron chi connectivity index (χ2n) is 9.50. The topological polar surface area (TPSA) is 66.4 Å². The van der Waals surface area contributed by atoms with Crippen molar-refractivity contribution >= 4 is 10.4 Å². The molecule has 4 nitrogen and oxygen atoms in total. The van der Waals surface area contributed by atoms with Crippen LogP contribution in [0.2, 0.25) is 0 Å². The number of hydrogen-bond acceptors (Lipinski definition) is 4. The fourth-order valence-corrected chi connectivity index (χ4v) is 4.69. The van der Waals surface area contributed by atoms with E-state index in [9.17, 15) is 13.0 Å². The molecule has 0 saturated heterocycles. The third-order valence-corrected chi connectivity index (χ3v) is 6.80. The first kappa shape index (κ1) is 35.7. The SMILES string of the molecule is CCCCCCCCCCCCCCCCCCC(CCCCCC)COS(=O)(=O)[O-].[K+]. The van der Waals surface area contributed by atoms with Gasteiger partial charge in [-0.2, -0.15) is 0 Å². The second-order valence-corrected chi connectivity index (χ2v) is 10.6.